The van der Waals surface area contributed by atoms with Crippen molar-refractivity contribution in [1.29, 1.82) is 0 Å². The molecular weight excluding hydrogens is 346 g/mol. The van der Waals surface area contributed by atoms with Gasteiger partial charge in [0.1, 0.15) is 5.69 Å². The van der Waals surface area contributed by atoms with Gasteiger partial charge in [-0.25, -0.2) is 0 Å². The molecule has 0 bridgehead atoms. The Morgan fingerprint density at radius 2 is 2.11 bits per heavy atom. The number of nitrogens with one attached hydrogen (secondary N) is 1. The molecule has 27 heavy (non-hydrogen) atoms. The number of rotatable bonds is 6. The number of amides is 1. The van der Waals surface area contributed by atoms with E-state index in [9.17, 15) is 9.59 Å². The van der Waals surface area contributed by atoms with Gasteiger partial charge >= 0.3 is 5.97 Å². The van der Waals surface area contributed by atoms with Gasteiger partial charge in [0.25, 0.3) is 5.91 Å². The normalized spacial score (nSPS) is 18.9. The van der Waals surface area contributed by atoms with E-state index in [-0.39, 0.29) is 23.2 Å². The molecule has 1 spiro atoms. The molecule has 1 saturated heterocycles. The van der Waals surface area contributed by atoms with E-state index in [0.29, 0.717) is 38.2 Å². The molecular formula is C20H31N3O4. The minimum Gasteiger partial charge on any atom is -0.465 e. The molecule has 1 aromatic rings. The molecule has 0 unspecified atom stereocenters. The number of fused-ring (bicyclic) bond motifs is 1. The fourth-order valence-electron chi connectivity index (χ4n) is 3.94. The second-order valence-electron chi connectivity index (χ2n) is 7.99. The van der Waals surface area contributed by atoms with E-state index >= 15 is 0 Å². The number of nitrogens with zero attached hydrogens (tertiary/aromatic N) is 2. The van der Waals surface area contributed by atoms with Gasteiger partial charge in [0.15, 0.2) is 0 Å². The Morgan fingerprint density at radius 1 is 1.37 bits per heavy atom. The zero-order valence-corrected chi connectivity index (χ0v) is 16.7. The highest BCUT2D eigenvalue weighted by molar-refractivity contribution is 5.94. The molecule has 1 amide bonds. The van der Waals surface area contributed by atoms with Crippen molar-refractivity contribution in [3.05, 3.63) is 17.0 Å². The fourth-order valence-corrected chi connectivity index (χ4v) is 3.94. The van der Waals surface area contributed by atoms with Crippen LogP contribution in [0.25, 0.3) is 0 Å². The molecule has 0 atom stereocenters. The number of hydrogen-bond donors (Lipinski definition) is 1. The quantitative estimate of drug-likeness (QED) is 0.606. The van der Waals surface area contributed by atoms with Crippen molar-refractivity contribution >= 4 is 11.9 Å². The lowest BCUT2D eigenvalue weighted by Gasteiger charge is -2.36. The Balaban J connectivity index is 1.77. The summed E-state index contributed by atoms with van der Waals surface area (Å²) in [5.41, 5.74) is 2.80. The second-order valence-corrected chi connectivity index (χ2v) is 7.99. The number of carbonyl (C=O) groups is 2. The maximum Gasteiger partial charge on any atom is 0.308 e. The third-order valence-corrected chi connectivity index (χ3v) is 5.65. The molecule has 0 aromatic carbocycles. The van der Waals surface area contributed by atoms with Crippen molar-refractivity contribution in [2.75, 3.05) is 26.4 Å². The van der Waals surface area contributed by atoms with Crippen LogP contribution in [0.2, 0.25) is 0 Å². The molecule has 3 heterocycles. The van der Waals surface area contributed by atoms with Crippen molar-refractivity contribution in [3.63, 3.8) is 0 Å². The molecule has 1 aromatic heterocycles. The monoisotopic (exact) mass is 377 g/mol. The number of aromatic nitrogens is 2. The molecule has 0 radical (unpaired) electrons. The molecule has 0 saturated carbocycles. The number of esters is 1. The average Bonchev–Trinajstić information content (AvgIpc) is 2.94. The first-order valence-electron chi connectivity index (χ1n) is 10.1. The molecule has 2 aliphatic rings. The summed E-state index contributed by atoms with van der Waals surface area (Å²) in [6.45, 7) is 8.89. The van der Waals surface area contributed by atoms with Crippen LogP contribution >= 0.6 is 0 Å². The van der Waals surface area contributed by atoms with E-state index < -0.39 is 0 Å². The van der Waals surface area contributed by atoms with Gasteiger partial charge in [-0.2, -0.15) is 5.10 Å². The number of carbonyl (C=O) groups excluding carboxylic acids is 2. The Kier molecular flexibility index (Phi) is 6.19. The zero-order chi connectivity index (χ0) is 19.4. The lowest BCUT2D eigenvalue weighted by Crippen LogP contribution is -2.40. The molecule has 7 heteroatoms. The number of aryl methyl sites for hydroxylation is 2. The molecule has 1 N–H and O–H groups in total. The first kappa shape index (κ1) is 19.9. The van der Waals surface area contributed by atoms with Crippen LogP contribution in [0.15, 0.2) is 0 Å². The van der Waals surface area contributed by atoms with Crippen molar-refractivity contribution in [1.82, 2.24) is 15.1 Å². The summed E-state index contributed by atoms with van der Waals surface area (Å²) in [6.07, 6.45) is 4.18. The predicted octanol–water partition coefficient (Wildman–Crippen LogP) is 2.12. The molecule has 0 aliphatic carbocycles. The molecule has 7 nitrogen and oxygen atoms in total. The van der Waals surface area contributed by atoms with E-state index in [1.807, 2.05) is 25.5 Å². The van der Waals surface area contributed by atoms with Crippen LogP contribution in [0.3, 0.4) is 0 Å². The second kappa shape index (κ2) is 8.42. The van der Waals surface area contributed by atoms with E-state index in [2.05, 4.69) is 5.32 Å². The highest BCUT2D eigenvalue weighted by Crippen LogP contribution is 2.37. The Bertz CT molecular complexity index is 690. The van der Waals surface area contributed by atoms with Gasteiger partial charge in [0.2, 0.25) is 0 Å². The van der Waals surface area contributed by atoms with E-state index in [1.54, 1.807) is 0 Å². The summed E-state index contributed by atoms with van der Waals surface area (Å²) in [5.74, 6) is -0.314. The van der Waals surface area contributed by atoms with Gasteiger partial charge in [0, 0.05) is 31.9 Å². The molecule has 1 fully saturated rings. The maximum atomic E-state index is 12.7. The first-order valence-corrected chi connectivity index (χ1v) is 10.1. The van der Waals surface area contributed by atoms with Crippen LogP contribution in [0, 0.1) is 11.3 Å². The van der Waals surface area contributed by atoms with Gasteiger partial charge in [-0.05, 0) is 44.4 Å². The first-order chi connectivity index (χ1) is 13.0. The van der Waals surface area contributed by atoms with Gasteiger partial charge < -0.3 is 14.8 Å². The maximum absolute atomic E-state index is 12.7. The van der Waals surface area contributed by atoms with Crippen LogP contribution < -0.4 is 5.32 Å². The lowest BCUT2D eigenvalue weighted by molar-refractivity contribution is -0.147. The van der Waals surface area contributed by atoms with Crippen LogP contribution in [-0.2, 0) is 33.7 Å². The minimum atomic E-state index is -0.173. The van der Waals surface area contributed by atoms with Crippen molar-refractivity contribution in [2.24, 2.45) is 11.3 Å². The summed E-state index contributed by atoms with van der Waals surface area (Å²) in [6, 6.07) is 0. The Hall–Kier alpha value is -1.89. The van der Waals surface area contributed by atoms with Crippen LogP contribution in [0.5, 0.6) is 0 Å². The van der Waals surface area contributed by atoms with Crippen molar-refractivity contribution < 1.29 is 19.1 Å². The summed E-state index contributed by atoms with van der Waals surface area (Å²) in [5, 5.41) is 7.84. The number of hydrogen-bond acceptors (Lipinski definition) is 5. The minimum absolute atomic E-state index is 0.0276. The standard InChI is InChI=1S/C20H31N3O4/c1-4-23-17-15(16(22-23)6-5-9-27-19(25)14(2)3)12-20(13-21-18(17)24)7-10-26-11-8-20/h14H,4-13H2,1-3H3,(H,21,24). The SMILES string of the molecule is CCn1nc(CCCOC(=O)C(C)C)c2c1C(=O)NCC1(CCOCC1)C2. The van der Waals surface area contributed by atoms with Gasteiger partial charge in [-0.1, -0.05) is 13.8 Å². The number of ether oxygens (including phenoxy) is 2. The van der Waals surface area contributed by atoms with Crippen LogP contribution in [-0.4, -0.2) is 48.0 Å². The van der Waals surface area contributed by atoms with Crippen LogP contribution in [0.4, 0.5) is 0 Å². The molecule has 3 rings (SSSR count). The van der Waals surface area contributed by atoms with Gasteiger partial charge in [-0.15, -0.1) is 0 Å². The topological polar surface area (TPSA) is 82.5 Å². The highest BCUT2D eigenvalue weighted by atomic mass is 16.5. The third kappa shape index (κ3) is 4.34. The van der Waals surface area contributed by atoms with E-state index in [4.69, 9.17) is 14.6 Å². The predicted molar refractivity (Wildman–Crippen MR) is 101 cm³/mol. The molecule has 2 aliphatic heterocycles. The summed E-state index contributed by atoms with van der Waals surface area (Å²) < 4.78 is 12.7. The largest absolute Gasteiger partial charge is 0.465 e. The molecule has 150 valence electrons. The third-order valence-electron chi connectivity index (χ3n) is 5.65. The Morgan fingerprint density at radius 3 is 2.78 bits per heavy atom. The zero-order valence-electron chi connectivity index (χ0n) is 16.7. The van der Waals surface area contributed by atoms with E-state index in [0.717, 1.165) is 43.7 Å². The summed E-state index contributed by atoms with van der Waals surface area (Å²) in [7, 11) is 0. The van der Waals surface area contributed by atoms with Gasteiger partial charge in [0.05, 0.1) is 18.2 Å². The van der Waals surface area contributed by atoms with Gasteiger partial charge in [-0.3, -0.25) is 14.3 Å². The average molecular weight is 377 g/mol. The van der Waals surface area contributed by atoms with E-state index in [1.165, 1.54) is 0 Å². The smallest absolute Gasteiger partial charge is 0.308 e. The Labute approximate surface area is 160 Å². The van der Waals surface area contributed by atoms with Crippen molar-refractivity contribution in [2.45, 2.75) is 59.4 Å². The van der Waals surface area contributed by atoms with Crippen molar-refractivity contribution in [3.8, 4) is 0 Å². The van der Waals surface area contributed by atoms with Crippen LogP contribution in [0.1, 0.15) is 61.8 Å². The fraction of sp³-hybridized carbons (Fsp3) is 0.750. The lowest BCUT2D eigenvalue weighted by atomic mass is 9.75. The summed E-state index contributed by atoms with van der Waals surface area (Å²) >= 11 is 0. The highest BCUT2D eigenvalue weighted by Gasteiger charge is 2.39. The summed E-state index contributed by atoms with van der Waals surface area (Å²) in [4.78, 5) is 24.4.